The molecule has 7 heterocycles. The second kappa shape index (κ2) is 37.7. The minimum atomic E-state index is -3.32. The monoisotopic (exact) mass is 1510 g/mol. The molecule has 7 rings (SSSR count). The van der Waals surface area contributed by atoms with E-state index in [9.17, 15) is 147 Å². The Morgan fingerprint density at radius 3 is 1.30 bits per heavy atom. The minimum Gasteiger partial charge on any atom is -0.477 e. The lowest BCUT2D eigenvalue weighted by molar-refractivity contribution is -0.399. The lowest BCUT2D eigenvalue weighted by Gasteiger charge is -2.52. The first-order valence-corrected chi connectivity index (χ1v) is 32.5. The number of carboxylic acid groups (broad SMARTS) is 1. The molecule has 598 valence electrons. The number of rotatable bonds is 31. The van der Waals surface area contributed by atoms with Gasteiger partial charge in [-0.05, 0) is 6.92 Å². The molecule has 0 radical (unpaired) electrons. The van der Waals surface area contributed by atoms with E-state index < -0.39 is 328 Å². The van der Waals surface area contributed by atoms with Crippen molar-refractivity contribution in [2.75, 3.05) is 52.9 Å². The molecular formula is C57H97N3O43. The largest absolute Gasteiger partial charge is 0.477 e. The van der Waals surface area contributed by atoms with Gasteiger partial charge in [0.25, 0.3) is 5.79 Å². The molecule has 103 heavy (non-hydrogen) atoms. The predicted octanol–water partition coefficient (Wildman–Crippen LogP) is -18.2. The third kappa shape index (κ3) is 19.3. The molecule has 46 nitrogen and oxygen atoms in total. The van der Waals surface area contributed by atoms with Gasteiger partial charge in [0.2, 0.25) is 17.7 Å². The van der Waals surface area contributed by atoms with Crippen LogP contribution in [0.25, 0.3) is 0 Å². The van der Waals surface area contributed by atoms with E-state index in [1.54, 1.807) is 0 Å². The number of aliphatic hydroxyl groups excluding tert-OH is 24. The summed E-state index contributed by atoms with van der Waals surface area (Å²) in [6.07, 6.45) is -78.4. The average Bonchev–Trinajstić information content (AvgIpc) is 0.764. The van der Waals surface area contributed by atoms with Crippen LogP contribution in [0.3, 0.4) is 0 Å². The number of carbonyl (C=O) groups excluding carboxylic acids is 3. The highest BCUT2D eigenvalue weighted by Gasteiger charge is 2.63. The highest BCUT2D eigenvalue weighted by Crippen LogP contribution is 2.42. The average molecular weight is 1510 g/mol. The van der Waals surface area contributed by atoms with Crippen molar-refractivity contribution in [2.24, 2.45) is 0 Å². The van der Waals surface area contributed by atoms with E-state index >= 15 is 0 Å². The lowest BCUT2D eigenvalue weighted by atomic mass is 9.88. The number of aliphatic hydroxyl groups is 24. The van der Waals surface area contributed by atoms with Crippen molar-refractivity contribution in [3.05, 3.63) is 0 Å². The zero-order valence-electron chi connectivity index (χ0n) is 55.4. The Hall–Kier alpha value is -3.64. The quantitative estimate of drug-likeness (QED) is 0.0306. The number of hydrogen-bond acceptors (Lipinski definition) is 42. The highest BCUT2D eigenvalue weighted by atomic mass is 16.8. The molecule has 0 saturated carbocycles. The topological polar surface area (TPSA) is 739 Å². The smallest absolute Gasteiger partial charge is 0.364 e. The SMILES string of the molecule is CC(=O)N[C@H]1[C@H](O[C@H]2[C@@H](O)[C@@H](CO)O[C@@H](O[C@@H]([C@H](O)[C@@H](O)CO)[C@H](O)CO)[C@@H]2O)O[C@H](CO)[C@@H](O[C@@H]2O[C@H](CO)[C@H](O)[C@H](O[C@@H]3O[C@H](CO)[C@@H](O[C@@H]4O[C@H](CO)[C@H](O)[C@H](O[C@]5(C(=O)O)C[C@H](O)[C@@H](NC(C)=O)[C@H]([C@H](O)[C@H](O)CO)O5)[C@H]4O)[C@H](O[C@@H]4O[C@@H](C)[C@@H](O)[C@@H](O)[C@@H]4O)[C@H]3NC(C)=O)[C@H]2O)[C@@H]1O. The molecule has 0 aliphatic carbocycles. The Balaban J connectivity index is 1.20. The van der Waals surface area contributed by atoms with Gasteiger partial charge in [-0.3, -0.25) is 14.4 Å². The number of carbonyl (C=O) groups is 4. The maximum absolute atomic E-state index is 13.4. The van der Waals surface area contributed by atoms with Crippen LogP contribution < -0.4 is 16.0 Å². The number of aliphatic carboxylic acids is 1. The van der Waals surface area contributed by atoms with Gasteiger partial charge < -0.3 is 210 Å². The normalized spacial score (nSPS) is 45.1. The van der Waals surface area contributed by atoms with Crippen LogP contribution in [0.5, 0.6) is 0 Å². The second-order valence-electron chi connectivity index (χ2n) is 25.8. The van der Waals surface area contributed by atoms with Gasteiger partial charge in [0.1, 0.15) is 183 Å². The van der Waals surface area contributed by atoms with Gasteiger partial charge >= 0.3 is 5.97 Å². The minimum absolute atomic E-state index is 0.875. The van der Waals surface area contributed by atoms with Crippen LogP contribution in [-0.2, 0) is 85.5 Å². The molecule has 7 aliphatic heterocycles. The van der Waals surface area contributed by atoms with Crippen LogP contribution in [-0.4, -0.2) is 449 Å². The zero-order valence-corrected chi connectivity index (χ0v) is 55.4. The number of carboxylic acids is 1. The lowest BCUT2D eigenvalue weighted by Crippen LogP contribution is -2.72. The highest BCUT2D eigenvalue weighted by molar-refractivity contribution is 5.77. The summed E-state index contributed by atoms with van der Waals surface area (Å²) in [6, 6.07) is -5.76. The summed E-state index contributed by atoms with van der Waals surface area (Å²) in [5.41, 5.74) is 0. The van der Waals surface area contributed by atoms with Gasteiger partial charge in [0, 0.05) is 27.2 Å². The van der Waals surface area contributed by atoms with E-state index in [2.05, 4.69) is 16.0 Å². The molecule has 46 heteroatoms. The summed E-state index contributed by atoms with van der Waals surface area (Å²) in [4.78, 5) is 51.8. The van der Waals surface area contributed by atoms with Gasteiger partial charge in [0.15, 0.2) is 37.7 Å². The summed E-state index contributed by atoms with van der Waals surface area (Å²) in [7, 11) is 0. The molecule has 40 atom stereocenters. The Morgan fingerprint density at radius 2 is 0.816 bits per heavy atom. The fourth-order valence-corrected chi connectivity index (χ4v) is 12.9. The van der Waals surface area contributed by atoms with Crippen LogP contribution in [0.4, 0.5) is 0 Å². The van der Waals surface area contributed by atoms with Gasteiger partial charge in [0.05, 0.1) is 71.1 Å². The van der Waals surface area contributed by atoms with Crippen LogP contribution in [0.15, 0.2) is 0 Å². The molecule has 0 spiro atoms. The Labute approximate surface area is 583 Å². The van der Waals surface area contributed by atoms with Gasteiger partial charge in [-0.25, -0.2) is 4.79 Å². The summed E-state index contributed by atoms with van der Waals surface area (Å²) in [5, 5.41) is 280. The third-order valence-corrected chi connectivity index (χ3v) is 18.4. The van der Waals surface area contributed by atoms with E-state index in [4.69, 9.17) is 66.3 Å². The molecule has 0 aromatic carbocycles. The Morgan fingerprint density at radius 1 is 0.417 bits per heavy atom. The molecule has 7 fully saturated rings. The number of amides is 3. The van der Waals surface area contributed by atoms with Crippen LogP contribution >= 0.6 is 0 Å². The van der Waals surface area contributed by atoms with E-state index in [-0.39, 0.29) is 0 Å². The maximum Gasteiger partial charge on any atom is 0.364 e. The van der Waals surface area contributed by atoms with Crippen LogP contribution in [0.1, 0.15) is 34.1 Å². The fourth-order valence-electron chi connectivity index (χ4n) is 12.9. The van der Waals surface area contributed by atoms with E-state index in [0.29, 0.717) is 0 Å². The van der Waals surface area contributed by atoms with Gasteiger partial charge in [-0.2, -0.15) is 0 Å². The van der Waals surface area contributed by atoms with Gasteiger partial charge in [-0.1, -0.05) is 0 Å². The first-order chi connectivity index (χ1) is 48.5. The Bertz CT molecular complexity index is 2670. The van der Waals surface area contributed by atoms with E-state index in [0.717, 1.165) is 20.8 Å². The van der Waals surface area contributed by atoms with Crippen molar-refractivity contribution in [1.29, 1.82) is 0 Å². The van der Waals surface area contributed by atoms with Crippen molar-refractivity contribution < 1.29 is 213 Å². The van der Waals surface area contributed by atoms with Crippen molar-refractivity contribution in [2.45, 2.75) is 279 Å². The molecule has 0 unspecified atom stereocenters. The number of ether oxygens (including phenoxy) is 14. The van der Waals surface area contributed by atoms with Gasteiger partial charge in [-0.15, -0.1) is 0 Å². The van der Waals surface area contributed by atoms with Crippen molar-refractivity contribution in [1.82, 2.24) is 16.0 Å². The maximum atomic E-state index is 13.4. The molecule has 7 aliphatic rings. The first-order valence-electron chi connectivity index (χ1n) is 32.5. The summed E-state index contributed by atoms with van der Waals surface area (Å²) >= 11 is 0. The molecular weight excluding hydrogens is 1410 g/mol. The van der Waals surface area contributed by atoms with E-state index in [1.807, 2.05) is 0 Å². The van der Waals surface area contributed by atoms with Crippen molar-refractivity contribution in [3.8, 4) is 0 Å². The second-order valence-corrected chi connectivity index (χ2v) is 25.8. The summed E-state index contributed by atoms with van der Waals surface area (Å²) < 4.78 is 82.4. The molecule has 3 amide bonds. The Kier molecular flexibility index (Phi) is 31.7. The number of nitrogens with one attached hydrogen (secondary N) is 3. The van der Waals surface area contributed by atoms with Crippen molar-refractivity contribution in [3.63, 3.8) is 0 Å². The van der Waals surface area contributed by atoms with Crippen LogP contribution in [0.2, 0.25) is 0 Å². The fraction of sp³-hybridized carbons (Fsp3) is 0.930. The summed E-state index contributed by atoms with van der Waals surface area (Å²) in [5.74, 6) is -8.34. The molecule has 7 saturated heterocycles. The number of hydrogen-bond donors (Lipinski definition) is 28. The molecule has 0 bridgehead atoms. The predicted molar refractivity (Wildman–Crippen MR) is 317 cm³/mol. The zero-order chi connectivity index (χ0) is 76.7. The van der Waals surface area contributed by atoms with E-state index in [1.165, 1.54) is 6.92 Å². The third-order valence-electron chi connectivity index (χ3n) is 18.4. The molecule has 28 N–H and O–H groups in total. The first kappa shape index (κ1) is 86.6. The van der Waals surface area contributed by atoms with Crippen molar-refractivity contribution >= 4 is 23.7 Å². The molecule has 0 aromatic rings. The standard InChI is InChI=1S/C57H97N3O43/c1-14-30(76)37(83)38(84)52(90-14)99-46-29(60-17(4)71)51(95-26(13-68)44(46)98-55-41(87)49(35(81)24(11-66)93-55)103-57(56(88)89)5-18(72)27(58-15(2)69)45(102-57)32(78)20(74)7-62)101-48-34(80)23(10-65)92-54(40(48)86)97-43-25(12-67)94-50(28(36(43)82)59-16(3)70)100-47-33(79)22(9-64)91-53(39(47)85)96-42(21(75)8-63)31(77)19(73)6-61/h14,18-55,61-68,72-87H,5-13H2,1-4H3,(H,58,69)(H,59,70)(H,60,71)(H,88,89)/t14-,18-,19-,20+,21+,22+,23+,24+,25+,26+,27+,28+,29+,30+,31+,32+,33-,34-,35-,36+,37+,38-,39+,40+,41+,42+,43+,44+,45+,46+,47-,48-,49-,50-,51-,52-,53-,54-,55-,57-/m0/s1. The summed E-state index contributed by atoms with van der Waals surface area (Å²) in [6.45, 7) is -5.45. The van der Waals surface area contributed by atoms with Crippen LogP contribution in [0, 0.1) is 0 Å². The molecule has 0 aromatic heterocycles.